The Kier molecular flexibility index (Phi) is 4.67. The summed E-state index contributed by atoms with van der Waals surface area (Å²) in [6.45, 7) is 1.81. The van der Waals surface area contributed by atoms with Gasteiger partial charge in [0.15, 0.2) is 0 Å². The van der Waals surface area contributed by atoms with Gasteiger partial charge in [0, 0.05) is 16.2 Å². The highest BCUT2D eigenvalue weighted by Gasteiger charge is 2.18. The van der Waals surface area contributed by atoms with Crippen LogP contribution in [0.5, 0.6) is 0 Å². The molecule has 1 rings (SSSR count). The van der Waals surface area contributed by atoms with Crippen molar-refractivity contribution in [1.29, 1.82) is 0 Å². The van der Waals surface area contributed by atoms with E-state index in [9.17, 15) is 4.79 Å². The van der Waals surface area contributed by atoms with Crippen LogP contribution in [0.2, 0.25) is 0 Å². The van der Waals surface area contributed by atoms with Gasteiger partial charge in [-0.2, -0.15) is 0 Å². The summed E-state index contributed by atoms with van der Waals surface area (Å²) in [7, 11) is 1.70. The van der Waals surface area contributed by atoms with Crippen LogP contribution in [0, 0.1) is 3.57 Å². The summed E-state index contributed by atoms with van der Waals surface area (Å²) in [6.07, 6.45) is 0. The summed E-state index contributed by atoms with van der Waals surface area (Å²) in [5.74, 6) is -0.0725. The molecular weight excluding hydrogens is 335 g/mol. The molecule has 0 aliphatic rings. The van der Waals surface area contributed by atoms with Gasteiger partial charge >= 0.3 is 0 Å². The lowest BCUT2D eigenvalue weighted by molar-refractivity contribution is 0.0779. The summed E-state index contributed by atoms with van der Waals surface area (Å²) in [6, 6.07) is 7.15. The third-order valence-electron chi connectivity index (χ3n) is 2.40. The molecule has 1 atom stereocenters. The monoisotopic (exact) mass is 348 g/mol. The number of carbonyl (C=O) groups excluding carboxylic acids is 1. The van der Waals surface area contributed by atoms with Crippen molar-refractivity contribution in [2.75, 3.05) is 7.05 Å². The Morgan fingerprint density at radius 2 is 1.94 bits per heavy atom. The lowest BCUT2D eigenvalue weighted by atomic mass is 10.2. The zero-order valence-corrected chi connectivity index (χ0v) is 12.1. The lowest BCUT2D eigenvalue weighted by Crippen LogP contribution is -2.42. The Labute approximate surface area is 114 Å². The molecule has 0 aromatic heterocycles. The Hall–Kier alpha value is -0.690. The predicted molar refractivity (Wildman–Crippen MR) is 77.5 cm³/mol. The van der Waals surface area contributed by atoms with Crippen LogP contribution in [0.15, 0.2) is 24.3 Å². The van der Waals surface area contributed by atoms with Crippen molar-refractivity contribution in [3.05, 3.63) is 33.4 Å². The number of hydrogen-bond donors (Lipinski definition) is 1. The Bertz CT molecular complexity index is 405. The topological polar surface area (TPSA) is 46.3 Å². The van der Waals surface area contributed by atoms with E-state index >= 15 is 0 Å². The van der Waals surface area contributed by atoms with E-state index in [0.717, 1.165) is 3.57 Å². The molecular formula is C11H13IN2OS. The number of nitrogens with two attached hydrogens (primary N) is 1. The number of likely N-dealkylation sites (N-methyl/N-ethyl adjacent to an activating group) is 1. The highest BCUT2D eigenvalue weighted by molar-refractivity contribution is 14.1. The predicted octanol–water partition coefficient (Wildman–Crippen LogP) is 2.04. The second-order valence-corrected chi connectivity index (χ2v) is 5.22. The number of amides is 1. The van der Waals surface area contributed by atoms with Gasteiger partial charge in [0.1, 0.15) is 0 Å². The first-order valence-electron chi connectivity index (χ1n) is 4.75. The minimum absolute atomic E-state index is 0.0725. The molecule has 0 saturated carbocycles. The quantitative estimate of drug-likeness (QED) is 0.672. The summed E-state index contributed by atoms with van der Waals surface area (Å²) >= 11 is 7.06. The van der Waals surface area contributed by atoms with Crippen LogP contribution in [0.25, 0.3) is 0 Å². The molecule has 5 heteroatoms. The standard InChI is InChI=1S/C11H13IN2OS/c1-7(10(13)16)14(2)11(15)8-3-5-9(12)6-4-8/h3-7H,1-2H3,(H2,13,16). The van der Waals surface area contributed by atoms with Crippen LogP contribution >= 0.6 is 34.8 Å². The average Bonchev–Trinajstić information content (AvgIpc) is 2.27. The lowest BCUT2D eigenvalue weighted by Gasteiger charge is -2.23. The maximum absolute atomic E-state index is 12.0. The Balaban J connectivity index is 2.86. The fourth-order valence-electron chi connectivity index (χ4n) is 1.16. The van der Waals surface area contributed by atoms with Crippen molar-refractivity contribution in [1.82, 2.24) is 4.90 Å². The molecule has 1 aromatic rings. The Morgan fingerprint density at radius 1 is 1.44 bits per heavy atom. The van der Waals surface area contributed by atoms with Crippen molar-refractivity contribution in [2.24, 2.45) is 5.73 Å². The van der Waals surface area contributed by atoms with Crippen molar-refractivity contribution in [2.45, 2.75) is 13.0 Å². The molecule has 3 nitrogen and oxygen atoms in total. The molecule has 1 unspecified atom stereocenters. The number of carbonyl (C=O) groups is 1. The molecule has 0 fully saturated rings. The third kappa shape index (κ3) is 3.15. The summed E-state index contributed by atoms with van der Waals surface area (Å²) in [4.78, 5) is 13.9. The first kappa shape index (κ1) is 13.4. The second-order valence-electron chi connectivity index (χ2n) is 3.50. The van der Waals surface area contributed by atoms with E-state index in [1.807, 2.05) is 19.1 Å². The van der Waals surface area contributed by atoms with Gasteiger partial charge in [-0.25, -0.2) is 0 Å². The van der Waals surface area contributed by atoms with E-state index in [1.165, 1.54) is 0 Å². The van der Waals surface area contributed by atoms with E-state index in [-0.39, 0.29) is 11.9 Å². The first-order valence-corrected chi connectivity index (χ1v) is 6.24. The second kappa shape index (κ2) is 5.58. The zero-order chi connectivity index (χ0) is 12.3. The SMILES string of the molecule is CC(C(N)=S)N(C)C(=O)c1ccc(I)cc1. The highest BCUT2D eigenvalue weighted by atomic mass is 127. The summed E-state index contributed by atoms with van der Waals surface area (Å²) < 4.78 is 1.10. The summed E-state index contributed by atoms with van der Waals surface area (Å²) in [5, 5.41) is 0. The first-order chi connectivity index (χ1) is 7.43. The van der Waals surface area contributed by atoms with Gasteiger partial charge < -0.3 is 10.6 Å². The van der Waals surface area contributed by atoms with Crippen LogP contribution in [0.1, 0.15) is 17.3 Å². The molecule has 0 saturated heterocycles. The third-order valence-corrected chi connectivity index (χ3v) is 3.46. The minimum Gasteiger partial charge on any atom is -0.392 e. The fourth-order valence-corrected chi connectivity index (χ4v) is 1.68. The molecule has 0 aliphatic carbocycles. The number of benzene rings is 1. The normalized spacial score (nSPS) is 11.9. The molecule has 0 aliphatic heterocycles. The van der Waals surface area contributed by atoms with Crippen LogP contribution in [0.3, 0.4) is 0 Å². The molecule has 0 spiro atoms. The van der Waals surface area contributed by atoms with Crippen LogP contribution < -0.4 is 5.73 Å². The van der Waals surface area contributed by atoms with Crippen LogP contribution in [0.4, 0.5) is 0 Å². The summed E-state index contributed by atoms with van der Waals surface area (Å²) in [5.41, 5.74) is 6.16. The molecule has 1 aromatic carbocycles. The average molecular weight is 348 g/mol. The van der Waals surface area contributed by atoms with E-state index < -0.39 is 0 Å². The molecule has 2 N–H and O–H groups in total. The largest absolute Gasteiger partial charge is 0.392 e. The number of rotatable bonds is 3. The van der Waals surface area contributed by atoms with E-state index in [4.69, 9.17) is 18.0 Å². The van der Waals surface area contributed by atoms with Crippen LogP contribution in [-0.2, 0) is 0 Å². The highest BCUT2D eigenvalue weighted by Crippen LogP contribution is 2.10. The number of nitrogens with zero attached hydrogens (tertiary/aromatic N) is 1. The maximum Gasteiger partial charge on any atom is 0.254 e. The zero-order valence-electron chi connectivity index (χ0n) is 9.11. The van der Waals surface area contributed by atoms with E-state index in [2.05, 4.69) is 22.6 Å². The van der Waals surface area contributed by atoms with Gasteiger partial charge in [0.25, 0.3) is 5.91 Å². The van der Waals surface area contributed by atoms with Crippen molar-refractivity contribution in [3.8, 4) is 0 Å². The maximum atomic E-state index is 12.0. The van der Waals surface area contributed by atoms with Crippen molar-refractivity contribution < 1.29 is 4.79 Å². The smallest absolute Gasteiger partial charge is 0.254 e. The van der Waals surface area contributed by atoms with Gasteiger partial charge in [-0.05, 0) is 53.8 Å². The van der Waals surface area contributed by atoms with Gasteiger partial charge in [-0.15, -0.1) is 0 Å². The number of hydrogen-bond acceptors (Lipinski definition) is 2. The Morgan fingerprint density at radius 3 is 2.38 bits per heavy atom. The van der Waals surface area contributed by atoms with Crippen molar-refractivity contribution in [3.63, 3.8) is 0 Å². The molecule has 1 amide bonds. The molecule has 0 radical (unpaired) electrons. The van der Waals surface area contributed by atoms with Gasteiger partial charge in [0.2, 0.25) is 0 Å². The van der Waals surface area contributed by atoms with Crippen LogP contribution in [-0.4, -0.2) is 28.9 Å². The van der Waals surface area contributed by atoms with Gasteiger partial charge in [0.05, 0.1) is 11.0 Å². The molecule has 16 heavy (non-hydrogen) atoms. The van der Waals surface area contributed by atoms with E-state index in [0.29, 0.717) is 10.6 Å². The molecule has 86 valence electrons. The van der Waals surface area contributed by atoms with Crippen molar-refractivity contribution >= 4 is 45.7 Å². The van der Waals surface area contributed by atoms with E-state index in [1.54, 1.807) is 24.1 Å². The number of halogens is 1. The fraction of sp³-hybridized carbons (Fsp3) is 0.273. The molecule has 0 bridgehead atoms. The minimum atomic E-state index is -0.234. The molecule has 0 heterocycles. The van der Waals surface area contributed by atoms with Gasteiger partial charge in [-0.1, -0.05) is 12.2 Å². The van der Waals surface area contributed by atoms with Gasteiger partial charge in [-0.3, -0.25) is 4.79 Å². The number of thiocarbonyl (C=S) groups is 1.